The monoisotopic (exact) mass is 410 g/mol. The van der Waals surface area contributed by atoms with Gasteiger partial charge in [0.2, 0.25) is 0 Å². The highest BCUT2D eigenvalue weighted by atomic mass is 19.1. The lowest BCUT2D eigenvalue weighted by molar-refractivity contribution is 0.0507. The van der Waals surface area contributed by atoms with Crippen LogP contribution >= 0.6 is 0 Å². The number of carbonyl (C=O) groups is 2. The van der Waals surface area contributed by atoms with Gasteiger partial charge in [-0.2, -0.15) is 0 Å². The van der Waals surface area contributed by atoms with Gasteiger partial charge in [-0.05, 0) is 51.5 Å². The number of hydrogen-bond acceptors (Lipinski definition) is 4. The maximum atomic E-state index is 13.9. The molecule has 0 aliphatic rings. The highest BCUT2D eigenvalue weighted by Gasteiger charge is 2.26. The maximum absolute atomic E-state index is 13.9. The maximum Gasteiger partial charge on any atom is 0.408 e. The fourth-order valence-electron chi connectivity index (χ4n) is 3.24. The Hall–Kier alpha value is -3.48. The smallest absolute Gasteiger partial charge is 0.408 e. The van der Waals surface area contributed by atoms with Gasteiger partial charge in [0, 0.05) is 10.9 Å². The molecule has 2 aromatic carbocycles. The first-order valence-corrected chi connectivity index (χ1v) is 9.48. The Kier molecular flexibility index (Phi) is 5.73. The van der Waals surface area contributed by atoms with E-state index >= 15 is 0 Å². The molecule has 0 radical (unpaired) electrons. The summed E-state index contributed by atoms with van der Waals surface area (Å²) in [5, 5.41) is 12.9. The molecule has 3 aromatic rings. The lowest BCUT2D eigenvalue weighted by Crippen LogP contribution is -2.34. The van der Waals surface area contributed by atoms with Crippen LogP contribution in [0.3, 0.4) is 0 Å². The number of aromatic nitrogens is 1. The summed E-state index contributed by atoms with van der Waals surface area (Å²) < 4.78 is 19.2. The molecule has 0 fully saturated rings. The summed E-state index contributed by atoms with van der Waals surface area (Å²) in [6.45, 7) is 6.94. The molecular weight excluding hydrogens is 387 g/mol. The van der Waals surface area contributed by atoms with Crippen molar-refractivity contribution in [3.63, 3.8) is 0 Å². The number of fused-ring (bicyclic) bond motifs is 1. The number of benzene rings is 2. The van der Waals surface area contributed by atoms with E-state index in [0.717, 1.165) is 6.07 Å². The fraction of sp³-hybridized carbons (Fsp3) is 0.261. The molecular formula is C23H23FN2O4. The Morgan fingerprint density at radius 3 is 2.40 bits per heavy atom. The van der Waals surface area contributed by atoms with Gasteiger partial charge in [-0.25, -0.2) is 19.0 Å². The van der Waals surface area contributed by atoms with E-state index in [1.54, 1.807) is 58.0 Å². The quantitative estimate of drug-likeness (QED) is 0.607. The molecule has 0 saturated heterocycles. The zero-order chi connectivity index (χ0) is 22.1. The van der Waals surface area contributed by atoms with Crippen molar-refractivity contribution in [3.05, 3.63) is 65.6 Å². The number of carbonyl (C=O) groups excluding carboxylic acids is 1. The number of nitrogens with zero attached hydrogens (tertiary/aromatic N) is 1. The third kappa shape index (κ3) is 4.56. The molecule has 0 spiro atoms. The Labute approximate surface area is 173 Å². The molecule has 0 aliphatic carbocycles. The first-order chi connectivity index (χ1) is 14.1. The average Bonchev–Trinajstić information content (AvgIpc) is 2.65. The minimum Gasteiger partial charge on any atom is -0.478 e. The number of carboxylic acids is 1. The number of hydrogen-bond donors (Lipinski definition) is 2. The van der Waals surface area contributed by atoms with Gasteiger partial charge < -0.3 is 15.2 Å². The molecule has 0 aliphatic heterocycles. The number of alkyl carbamates (subject to hydrolysis) is 1. The van der Waals surface area contributed by atoms with Crippen molar-refractivity contribution in [2.24, 2.45) is 0 Å². The summed E-state index contributed by atoms with van der Waals surface area (Å²) >= 11 is 0. The van der Waals surface area contributed by atoms with Crippen molar-refractivity contribution in [1.82, 2.24) is 10.3 Å². The van der Waals surface area contributed by atoms with Crippen LogP contribution in [0.4, 0.5) is 9.18 Å². The predicted molar refractivity (Wildman–Crippen MR) is 112 cm³/mol. The van der Waals surface area contributed by atoms with E-state index in [2.05, 4.69) is 10.3 Å². The third-order valence-corrected chi connectivity index (χ3v) is 4.39. The molecule has 2 N–H and O–H groups in total. The lowest BCUT2D eigenvalue weighted by Gasteiger charge is -2.24. The minimum atomic E-state index is -1.21. The average molecular weight is 410 g/mol. The van der Waals surface area contributed by atoms with Crippen LogP contribution in [0.25, 0.3) is 22.0 Å². The first-order valence-electron chi connectivity index (χ1n) is 9.48. The standard InChI is InChI=1S/C23H23FN2O4/c1-13(25-22(29)30-23(2,3)4)20-18(14-8-6-5-7-9-14)19(21(27)28)16-12-15(24)10-11-17(16)26-20/h5-13H,1-4H3,(H,25,29)(H,27,28)/t13-/m0/s1. The van der Waals surface area contributed by atoms with E-state index in [-0.39, 0.29) is 10.9 Å². The zero-order valence-corrected chi connectivity index (χ0v) is 17.2. The molecule has 0 saturated carbocycles. The molecule has 7 heteroatoms. The molecule has 1 heterocycles. The number of carboxylic acid groups (broad SMARTS) is 1. The molecule has 30 heavy (non-hydrogen) atoms. The number of rotatable bonds is 4. The third-order valence-electron chi connectivity index (χ3n) is 4.39. The van der Waals surface area contributed by atoms with E-state index < -0.39 is 29.5 Å². The molecule has 6 nitrogen and oxygen atoms in total. The fourth-order valence-corrected chi connectivity index (χ4v) is 3.24. The van der Waals surface area contributed by atoms with Gasteiger partial charge in [-0.1, -0.05) is 30.3 Å². The van der Waals surface area contributed by atoms with Gasteiger partial charge in [-0.15, -0.1) is 0 Å². The Morgan fingerprint density at radius 1 is 1.13 bits per heavy atom. The number of amides is 1. The number of aromatic carboxylic acids is 1. The molecule has 156 valence electrons. The van der Waals surface area contributed by atoms with Gasteiger partial charge in [0.05, 0.1) is 22.8 Å². The van der Waals surface area contributed by atoms with Gasteiger partial charge >= 0.3 is 12.1 Å². The van der Waals surface area contributed by atoms with Crippen LogP contribution in [0.2, 0.25) is 0 Å². The highest BCUT2D eigenvalue weighted by Crippen LogP contribution is 2.35. The van der Waals surface area contributed by atoms with Crippen LogP contribution in [-0.2, 0) is 4.74 Å². The number of halogens is 1. The van der Waals surface area contributed by atoms with Gasteiger partial charge in [0.15, 0.2) is 0 Å². The van der Waals surface area contributed by atoms with Crippen LogP contribution in [0.1, 0.15) is 49.8 Å². The van der Waals surface area contributed by atoms with Crippen LogP contribution in [0.5, 0.6) is 0 Å². The van der Waals surface area contributed by atoms with Crippen molar-refractivity contribution >= 4 is 23.0 Å². The summed E-state index contributed by atoms with van der Waals surface area (Å²) in [6, 6.07) is 12.0. The minimum absolute atomic E-state index is 0.0708. The normalized spacial score (nSPS) is 12.4. The topological polar surface area (TPSA) is 88.5 Å². The highest BCUT2D eigenvalue weighted by molar-refractivity contribution is 6.09. The lowest BCUT2D eigenvalue weighted by atomic mass is 9.92. The number of ether oxygens (including phenoxy) is 1. The van der Waals surface area contributed by atoms with E-state index in [1.165, 1.54) is 12.1 Å². The molecule has 3 rings (SSSR count). The number of pyridine rings is 1. The van der Waals surface area contributed by atoms with Gasteiger partial charge in [0.1, 0.15) is 11.4 Å². The molecule has 0 bridgehead atoms. The van der Waals surface area contributed by atoms with Crippen LogP contribution < -0.4 is 5.32 Å². The second-order valence-corrected chi connectivity index (χ2v) is 7.95. The van der Waals surface area contributed by atoms with E-state index in [0.29, 0.717) is 22.3 Å². The Bertz CT molecular complexity index is 1110. The van der Waals surface area contributed by atoms with Gasteiger partial charge in [-0.3, -0.25) is 0 Å². The summed E-state index contributed by atoms with van der Waals surface area (Å²) in [5.74, 6) is -1.77. The second kappa shape index (κ2) is 8.10. The van der Waals surface area contributed by atoms with Crippen molar-refractivity contribution in [2.45, 2.75) is 39.3 Å². The summed E-state index contributed by atoms with van der Waals surface area (Å²) in [4.78, 5) is 29.1. The largest absolute Gasteiger partial charge is 0.478 e. The summed E-state index contributed by atoms with van der Waals surface area (Å²) in [7, 11) is 0. The summed E-state index contributed by atoms with van der Waals surface area (Å²) in [5.41, 5.74) is 0.835. The van der Waals surface area contributed by atoms with Gasteiger partial charge in [0.25, 0.3) is 0 Å². The molecule has 1 atom stereocenters. The van der Waals surface area contributed by atoms with E-state index in [4.69, 9.17) is 4.74 Å². The van der Waals surface area contributed by atoms with Crippen molar-refractivity contribution in [3.8, 4) is 11.1 Å². The summed E-state index contributed by atoms with van der Waals surface area (Å²) in [6.07, 6.45) is -0.646. The number of nitrogens with one attached hydrogen (secondary N) is 1. The van der Waals surface area contributed by atoms with Crippen molar-refractivity contribution < 1.29 is 23.8 Å². The van der Waals surface area contributed by atoms with Crippen LogP contribution in [0.15, 0.2) is 48.5 Å². The van der Waals surface area contributed by atoms with E-state index in [9.17, 15) is 19.1 Å². The van der Waals surface area contributed by atoms with Crippen LogP contribution in [0, 0.1) is 5.82 Å². The zero-order valence-electron chi connectivity index (χ0n) is 17.2. The molecule has 1 aromatic heterocycles. The SMILES string of the molecule is C[C@H](NC(=O)OC(C)(C)C)c1nc2ccc(F)cc2c(C(=O)O)c1-c1ccccc1. The van der Waals surface area contributed by atoms with Crippen molar-refractivity contribution in [1.29, 1.82) is 0 Å². The molecule has 1 amide bonds. The van der Waals surface area contributed by atoms with E-state index in [1.807, 2.05) is 0 Å². The van der Waals surface area contributed by atoms with Crippen LogP contribution in [-0.4, -0.2) is 27.8 Å². The Morgan fingerprint density at radius 2 is 1.80 bits per heavy atom. The first kappa shape index (κ1) is 21.2. The Balaban J connectivity index is 2.23. The second-order valence-electron chi connectivity index (χ2n) is 7.95. The van der Waals surface area contributed by atoms with Crippen molar-refractivity contribution in [2.75, 3.05) is 0 Å². The molecule has 0 unspecified atom stereocenters. The predicted octanol–water partition coefficient (Wildman–Crippen LogP) is 5.32.